The van der Waals surface area contributed by atoms with Crippen LogP contribution in [-0.4, -0.2) is 23.0 Å². The second-order valence-electron chi connectivity index (χ2n) is 4.97. The first kappa shape index (κ1) is 14.3. The van der Waals surface area contributed by atoms with Crippen LogP contribution in [0.5, 0.6) is 0 Å². The number of rotatable bonds is 2. The van der Waals surface area contributed by atoms with Crippen LogP contribution < -0.4 is 0 Å². The summed E-state index contributed by atoms with van der Waals surface area (Å²) in [4.78, 5) is 20.0. The number of nitrogens with zero attached hydrogens (tertiary/aromatic N) is 2. The van der Waals surface area contributed by atoms with Gasteiger partial charge in [-0.2, -0.15) is 0 Å². The SMILES string of the molecule is COC(=O)c1cnc(C2CCCCCCC2)nc1Cl. The molecule has 0 aromatic carbocycles. The molecule has 5 heteroatoms. The van der Waals surface area contributed by atoms with Gasteiger partial charge in [-0.3, -0.25) is 0 Å². The minimum absolute atomic E-state index is 0.193. The minimum atomic E-state index is -0.491. The fourth-order valence-corrected chi connectivity index (χ4v) is 2.74. The summed E-state index contributed by atoms with van der Waals surface area (Å²) in [5, 5.41) is 0.193. The lowest BCUT2D eigenvalue weighted by atomic mass is 9.90. The van der Waals surface area contributed by atoms with Gasteiger partial charge in [-0.25, -0.2) is 14.8 Å². The molecular formula is C14H19ClN2O2. The highest BCUT2D eigenvalue weighted by Gasteiger charge is 2.19. The Morgan fingerprint density at radius 1 is 1.26 bits per heavy atom. The Labute approximate surface area is 118 Å². The van der Waals surface area contributed by atoms with Gasteiger partial charge in [0.05, 0.1) is 7.11 Å². The Kier molecular flexibility index (Phi) is 5.14. The van der Waals surface area contributed by atoms with Crippen molar-refractivity contribution < 1.29 is 9.53 Å². The molecule has 0 radical (unpaired) electrons. The molecule has 0 spiro atoms. The van der Waals surface area contributed by atoms with Crippen molar-refractivity contribution in [1.29, 1.82) is 0 Å². The van der Waals surface area contributed by atoms with E-state index < -0.39 is 5.97 Å². The monoisotopic (exact) mass is 282 g/mol. The van der Waals surface area contributed by atoms with Crippen LogP contribution in [0.1, 0.15) is 67.0 Å². The first-order valence-corrected chi connectivity index (χ1v) is 7.21. The number of hydrogen-bond donors (Lipinski definition) is 0. The summed E-state index contributed by atoms with van der Waals surface area (Å²) in [7, 11) is 1.32. The largest absolute Gasteiger partial charge is 0.465 e. The molecule has 0 bridgehead atoms. The van der Waals surface area contributed by atoms with E-state index in [1.54, 1.807) is 0 Å². The Balaban J connectivity index is 2.15. The Morgan fingerprint density at radius 2 is 1.89 bits per heavy atom. The molecule has 1 aliphatic carbocycles. The van der Waals surface area contributed by atoms with Gasteiger partial charge in [-0.15, -0.1) is 0 Å². The lowest BCUT2D eigenvalue weighted by Crippen LogP contribution is -2.10. The van der Waals surface area contributed by atoms with Crippen LogP contribution in [0.15, 0.2) is 6.20 Å². The maximum Gasteiger partial charge on any atom is 0.342 e. The van der Waals surface area contributed by atoms with Gasteiger partial charge in [0.15, 0.2) is 0 Å². The molecule has 1 aliphatic rings. The highest BCUT2D eigenvalue weighted by Crippen LogP contribution is 2.29. The summed E-state index contributed by atoms with van der Waals surface area (Å²) in [6.07, 6.45) is 10.0. The number of ether oxygens (including phenoxy) is 1. The highest BCUT2D eigenvalue weighted by molar-refractivity contribution is 6.32. The van der Waals surface area contributed by atoms with E-state index in [4.69, 9.17) is 11.6 Å². The number of halogens is 1. The quantitative estimate of drug-likeness (QED) is 0.612. The van der Waals surface area contributed by atoms with Crippen LogP contribution in [0.2, 0.25) is 5.15 Å². The van der Waals surface area contributed by atoms with Crippen molar-refractivity contribution in [3.05, 3.63) is 22.7 Å². The van der Waals surface area contributed by atoms with Crippen LogP contribution >= 0.6 is 11.6 Å². The first-order valence-electron chi connectivity index (χ1n) is 6.83. The minimum Gasteiger partial charge on any atom is -0.465 e. The lowest BCUT2D eigenvalue weighted by molar-refractivity contribution is 0.0600. The molecule has 0 aliphatic heterocycles. The zero-order chi connectivity index (χ0) is 13.7. The molecule has 0 atom stereocenters. The molecule has 1 saturated carbocycles. The third-order valence-electron chi connectivity index (χ3n) is 3.64. The maximum absolute atomic E-state index is 11.4. The van der Waals surface area contributed by atoms with Gasteiger partial charge >= 0.3 is 5.97 Å². The Hall–Kier alpha value is -1.16. The number of carbonyl (C=O) groups excluding carboxylic acids is 1. The Bertz CT molecular complexity index is 443. The summed E-state index contributed by atoms with van der Waals surface area (Å²) in [6, 6.07) is 0. The summed E-state index contributed by atoms with van der Waals surface area (Å²) in [5.74, 6) is 0.637. The van der Waals surface area contributed by atoms with E-state index >= 15 is 0 Å². The Morgan fingerprint density at radius 3 is 2.47 bits per heavy atom. The molecule has 0 saturated heterocycles. The van der Waals surface area contributed by atoms with Crippen molar-refractivity contribution >= 4 is 17.6 Å². The maximum atomic E-state index is 11.4. The topological polar surface area (TPSA) is 52.1 Å². The standard InChI is InChI=1S/C14H19ClN2O2/c1-19-14(18)11-9-16-13(17-12(11)15)10-7-5-3-2-4-6-8-10/h9-10H,2-8H2,1H3. The van der Waals surface area contributed by atoms with Gasteiger partial charge in [-0.05, 0) is 12.8 Å². The molecule has 0 N–H and O–H groups in total. The van der Waals surface area contributed by atoms with Gasteiger partial charge in [0, 0.05) is 12.1 Å². The number of aromatic nitrogens is 2. The van der Waals surface area contributed by atoms with Crippen molar-refractivity contribution in [3.8, 4) is 0 Å². The van der Waals surface area contributed by atoms with Crippen LogP contribution in [0.25, 0.3) is 0 Å². The first-order chi connectivity index (χ1) is 9.22. The number of carbonyl (C=O) groups is 1. The lowest BCUT2D eigenvalue weighted by Gasteiger charge is -2.18. The number of esters is 1. The smallest absolute Gasteiger partial charge is 0.342 e. The molecule has 4 nitrogen and oxygen atoms in total. The van der Waals surface area contributed by atoms with Crippen molar-refractivity contribution in [1.82, 2.24) is 9.97 Å². The van der Waals surface area contributed by atoms with Crippen LogP contribution in [0.4, 0.5) is 0 Å². The molecule has 104 valence electrons. The second-order valence-corrected chi connectivity index (χ2v) is 5.32. The highest BCUT2D eigenvalue weighted by atomic mass is 35.5. The van der Waals surface area contributed by atoms with Crippen LogP contribution in [0, 0.1) is 0 Å². The summed E-state index contributed by atoms with van der Waals surface area (Å²) >= 11 is 6.04. The van der Waals surface area contributed by atoms with Gasteiger partial charge in [-0.1, -0.05) is 43.7 Å². The van der Waals surface area contributed by atoms with Gasteiger partial charge in [0.25, 0.3) is 0 Å². The van der Waals surface area contributed by atoms with Gasteiger partial charge in [0.1, 0.15) is 16.5 Å². The fourth-order valence-electron chi connectivity index (χ4n) is 2.53. The average Bonchev–Trinajstić information content (AvgIpc) is 2.37. The third-order valence-corrected chi connectivity index (χ3v) is 3.92. The molecule has 1 aromatic heterocycles. The number of hydrogen-bond acceptors (Lipinski definition) is 4. The van der Waals surface area contributed by atoms with E-state index in [1.165, 1.54) is 45.4 Å². The zero-order valence-electron chi connectivity index (χ0n) is 11.2. The van der Waals surface area contributed by atoms with Crippen molar-refractivity contribution in [3.63, 3.8) is 0 Å². The van der Waals surface area contributed by atoms with Gasteiger partial charge < -0.3 is 4.74 Å². The van der Waals surface area contributed by atoms with E-state index in [0.717, 1.165) is 18.7 Å². The second kappa shape index (κ2) is 6.85. The molecule has 1 heterocycles. The predicted octanol–water partition coefficient (Wildman–Crippen LogP) is 3.74. The van der Waals surface area contributed by atoms with Crippen LogP contribution in [0.3, 0.4) is 0 Å². The third kappa shape index (κ3) is 3.66. The van der Waals surface area contributed by atoms with Crippen molar-refractivity contribution in [2.75, 3.05) is 7.11 Å². The fraction of sp³-hybridized carbons (Fsp3) is 0.643. The van der Waals surface area contributed by atoms with E-state index in [-0.39, 0.29) is 10.7 Å². The van der Waals surface area contributed by atoms with Crippen molar-refractivity contribution in [2.24, 2.45) is 0 Å². The molecule has 19 heavy (non-hydrogen) atoms. The molecule has 1 aromatic rings. The molecule has 0 unspecified atom stereocenters. The number of methoxy groups -OCH3 is 1. The van der Waals surface area contributed by atoms with Crippen molar-refractivity contribution in [2.45, 2.75) is 50.9 Å². The summed E-state index contributed by atoms with van der Waals surface area (Å²) in [6.45, 7) is 0. The van der Waals surface area contributed by atoms with E-state index in [0.29, 0.717) is 5.92 Å². The van der Waals surface area contributed by atoms with E-state index in [1.807, 2.05) is 0 Å². The molecular weight excluding hydrogens is 264 g/mol. The zero-order valence-corrected chi connectivity index (χ0v) is 11.9. The average molecular weight is 283 g/mol. The van der Waals surface area contributed by atoms with Gasteiger partial charge in [0.2, 0.25) is 0 Å². The van der Waals surface area contributed by atoms with Crippen LogP contribution in [-0.2, 0) is 4.74 Å². The molecule has 1 fully saturated rings. The van der Waals surface area contributed by atoms with E-state index in [2.05, 4.69) is 14.7 Å². The summed E-state index contributed by atoms with van der Waals surface area (Å²) in [5.41, 5.74) is 0.235. The molecule has 0 amide bonds. The van der Waals surface area contributed by atoms with E-state index in [9.17, 15) is 4.79 Å². The summed E-state index contributed by atoms with van der Waals surface area (Å²) < 4.78 is 4.64. The normalized spacial score (nSPS) is 17.6. The molecule has 2 rings (SSSR count). The predicted molar refractivity (Wildman–Crippen MR) is 73.4 cm³/mol.